The minimum atomic E-state index is -1.10. The second-order valence-electron chi connectivity index (χ2n) is 4.76. The molecule has 0 radical (unpaired) electrons. The summed E-state index contributed by atoms with van der Waals surface area (Å²) in [7, 11) is 0. The monoisotopic (exact) mass is 359 g/mol. The predicted octanol–water partition coefficient (Wildman–Crippen LogP) is -3.54. The number of hydrogen-bond donors (Lipinski definition) is 1. The van der Waals surface area contributed by atoms with E-state index >= 15 is 0 Å². The van der Waals surface area contributed by atoms with Gasteiger partial charge in [0.1, 0.15) is 18.0 Å². The fourth-order valence-corrected chi connectivity index (χ4v) is 3.22. The molecule has 8 heteroatoms. The van der Waals surface area contributed by atoms with Crippen LogP contribution in [0.3, 0.4) is 0 Å². The minimum absolute atomic E-state index is 0. The first-order chi connectivity index (χ1) is 9.16. The highest BCUT2D eigenvalue weighted by molar-refractivity contribution is 9.18. The van der Waals surface area contributed by atoms with Crippen molar-refractivity contribution in [3.05, 3.63) is 23.8 Å². The lowest BCUT2D eigenvalue weighted by Gasteiger charge is -2.34. The maximum atomic E-state index is 11.0. The van der Waals surface area contributed by atoms with Crippen LogP contribution in [0.4, 0.5) is 4.79 Å². The Balaban J connectivity index is 0.00000147. The Morgan fingerprint density at radius 1 is 1.55 bits per heavy atom. The van der Waals surface area contributed by atoms with Gasteiger partial charge in [-0.2, -0.15) is 4.99 Å². The molecule has 6 nitrogen and oxygen atoms in total. The highest BCUT2D eigenvalue weighted by Crippen LogP contribution is 2.27. The molecule has 0 bridgehead atoms. The smallest absolute Gasteiger partial charge is 0.279 e. The van der Waals surface area contributed by atoms with Crippen molar-refractivity contribution in [3.63, 3.8) is 0 Å². The molecule has 0 aromatic rings. The maximum Gasteiger partial charge on any atom is 0.279 e. The molecule has 2 unspecified atom stereocenters. The number of likely N-dealkylation sites (tertiary alicyclic amines) is 1. The van der Waals surface area contributed by atoms with E-state index in [0.717, 1.165) is 33.9 Å². The number of aliphatic imine (C=N–C) groups is 2. The summed E-state index contributed by atoms with van der Waals surface area (Å²) in [5, 5.41) is 11.0. The maximum absolute atomic E-state index is 11.0. The van der Waals surface area contributed by atoms with Crippen LogP contribution in [0, 0.1) is 5.92 Å². The van der Waals surface area contributed by atoms with Crippen molar-refractivity contribution in [2.75, 3.05) is 13.1 Å². The standard InChI is InChI=1S/C12H13BrN4O2.ClH/c13-11-15-10(9-6-14-3-5-17(9)11)8-2-1-4-16(7-8)12(18)19;/h3,5-6,8H,1-2,4,7H2,(H,18,19);1H/p-1. The molecule has 0 aromatic carbocycles. The van der Waals surface area contributed by atoms with E-state index in [1.807, 2.05) is 6.20 Å². The molecule has 20 heavy (non-hydrogen) atoms. The van der Waals surface area contributed by atoms with Crippen LogP contribution in [0.2, 0.25) is 0 Å². The number of amides is 1. The summed E-state index contributed by atoms with van der Waals surface area (Å²) >= 11 is 3.45. The van der Waals surface area contributed by atoms with Gasteiger partial charge >= 0.3 is 0 Å². The molecule has 108 valence electrons. The summed E-state index contributed by atoms with van der Waals surface area (Å²) in [5.74, 6) is 0.115. The van der Waals surface area contributed by atoms with Crippen LogP contribution >= 0.6 is 15.9 Å². The largest absolute Gasteiger partial charge is 1.00 e. The Hall–Kier alpha value is -1.18. The molecule has 0 saturated carbocycles. The normalized spacial score (nSPS) is 28.1. The fourth-order valence-electron chi connectivity index (χ4n) is 2.68. The summed E-state index contributed by atoms with van der Waals surface area (Å²) in [5.41, 5.74) is 1.93. The number of carboxylic acid groups (broad SMARTS) is 1. The summed E-state index contributed by atoms with van der Waals surface area (Å²) < 4.78 is 0.797. The van der Waals surface area contributed by atoms with Crippen molar-refractivity contribution in [2.24, 2.45) is 15.9 Å². The molecular formula is C12H13BrClN4O2-. The van der Waals surface area contributed by atoms with Crippen LogP contribution in [-0.2, 0) is 0 Å². The molecule has 3 aliphatic heterocycles. The van der Waals surface area contributed by atoms with E-state index in [9.17, 15) is 9.90 Å². The van der Waals surface area contributed by atoms with Gasteiger partial charge in [0.05, 0.1) is 12.4 Å². The molecule has 0 spiro atoms. The molecule has 2 atom stereocenters. The first-order valence-corrected chi connectivity index (χ1v) is 6.98. The molecule has 0 aromatic heterocycles. The minimum Gasteiger partial charge on any atom is -1.00 e. The number of piperidine rings is 1. The quantitative estimate of drug-likeness (QED) is 0.492. The Morgan fingerprint density at radius 3 is 3.10 bits per heavy atom. The number of halogens is 2. The number of fused-ring (bicyclic) bond motifs is 1. The van der Waals surface area contributed by atoms with Crippen molar-refractivity contribution < 1.29 is 27.2 Å². The SMILES string of the molecule is O=C([O-])N1CCCC(C2=C3C=NC=C[NH+]3C(Br)=N2)C1.[Cl-]. The summed E-state index contributed by atoms with van der Waals surface area (Å²) in [4.78, 5) is 22.0. The Bertz CT molecular complexity index is 544. The van der Waals surface area contributed by atoms with Crippen LogP contribution in [0.25, 0.3) is 0 Å². The van der Waals surface area contributed by atoms with Gasteiger partial charge in [0.25, 0.3) is 4.74 Å². The number of allylic oxidation sites excluding steroid dienone is 1. The van der Waals surface area contributed by atoms with Gasteiger partial charge in [-0.05, 0) is 12.8 Å². The van der Waals surface area contributed by atoms with E-state index in [2.05, 4.69) is 25.9 Å². The number of nitrogens with one attached hydrogen (secondary N) is 1. The lowest BCUT2D eigenvalue weighted by atomic mass is 9.94. The van der Waals surface area contributed by atoms with E-state index in [1.54, 1.807) is 12.4 Å². The third-order valence-electron chi connectivity index (χ3n) is 3.60. The van der Waals surface area contributed by atoms with E-state index in [1.165, 1.54) is 4.90 Å². The van der Waals surface area contributed by atoms with Crippen LogP contribution in [0.15, 0.2) is 33.8 Å². The van der Waals surface area contributed by atoms with Gasteiger partial charge in [0.15, 0.2) is 5.70 Å². The fraction of sp³-hybridized carbons (Fsp3) is 0.417. The van der Waals surface area contributed by atoms with Gasteiger partial charge < -0.3 is 27.2 Å². The van der Waals surface area contributed by atoms with E-state index in [4.69, 9.17) is 0 Å². The third kappa shape index (κ3) is 2.65. The zero-order valence-corrected chi connectivity index (χ0v) is 12.9. The van der Waals surface area contributed by atoms with Crippen molar-refractivity contribution in [2.45, 2.75) is 12.8 Å². The van der Waals surface area contributed by atoms with Crippen LogP contribution in [-0.4, -0.2) is 35.0 Å². The van der Waals surface area contributed by atoms with Gasteiger partial charge in [0.2, 0.25) is 0 Å². The molecular weight excluding hydrogens is 348 g/mol. The number of carbonyl (C=O) groups is 1. The summed E-state index contributed by atoms with van der Waals surface area (Å²) in [6.45, 7) is 1.01. The van der Waals surface area contributed by atoms with Gasteiger partial charge in [-0.15, -0.1) is 0 Å². The zero-order chi connectivity index (χ0) is 13.4. The highest BCUT2D eigenvalue weighted by atomic mass is 79.9. The number of nitrogens with zero attached hydrogens (tertiary/aromatic N) is 3. The van der Waals surface area contributed by atoms with Gasteiger partial charge in [-0.1, -0.05) is 0 Å². The van der Waals surface area contributed by atoms with Crippen LogP contribution < -0.4 is 22.4 Å². The Morgan fingerprint density at radius 2 is 2.35 bits per heavy atom. The van der Waals surface area contributed by atoms with Crippen LogP contribution in [0.1, 0.15) is 12.8 Å². The van der Waals surface area contributed by atoms with E-state index in [0.29, 0.717) is 13.1 Å². The number of amidine groups is 1. The molecule has 1 N–H and O–H groups in total. The van der Waals surface area contributed by atoms with Gasteiger partial charge in [-0.25, -0.2) is 4.90 Å². The number of rotatable bonds is 1. The summed E-state index contributed by atoms with van der Waals surface area (Å²) in [6.07, 6.45) is 6.11. The lowest BCUT2D eigenvalue weighted by molar-refractivity contribution is -0.685. The number of carbonyl (C=O) groups excluding carboxylic acids is 1. The first kappa shape index (κ1) is 15.2. The molecule has 3 rings (SSSR count). The van der Waals surface area contributed by atoms with Crippen molar-refractivity contribution >= 4 is 33.0 Å². The summed E-state index contributed by atoms with van der Waals surface area (Å²) in [6, 6.07) is 0. The van der Waals surface area contributed by atoms with Crippen molar-refractivity contribution in [1.29, 1.82) is 0 Å². The first-order valence-electron chi connectivity index (χ1n) is 6.18. The molecule has 3 aliphatic rings. The van der Waals surface area contributed by atoms with Crippen LogP contribution in [0.5, 0.6) is 0 Å². The van der Waals surface area contributed by atoms with Gasteiger partial charge in [0, 0.05) is 34.9 Å². The van der Waals surface area contributed by atoms with Gasteiger partial charge in [-0.3, -0.25) is 4.99 Å². The predicted molar refractivity (Wildman–Crippen MR) is 71.7 cm³/mol. The molecule has 0 aliphatic carbocycles. The lowest BCUT2D eigenvalue weighted by Crippen LogP contribution is -3.07. The van der Waals surface area contributed by atoms with Crippen molar-refractivity contribution in [1.82, 2.24) is 4.90 Å². The highest BCUT2D eigenvalue weighted by Gasteiger charge is 2.35. The second kappa shape index (κ2) is 6.07. The number of hydrogen-bond acceptors (Lipinski definition) is 4. The van der Waals surface area contributed by atoms with E-state index in [-0.39, 0.29) is 18.3 Å². The number of quaternary nitrogens is 1. The molecule has 3 heterocycles. The second-order valence-corrected chi connectivity index (χ2v) is 5.51. The molecule has 1 fully saturated rings. The van der Waals surface area contributed by atoms with E-state index < -0.39 is 6.09 Å². The molecule has 1 amide bonds. The molecule has 1 saturated heterocycles. The average molecular weight is 361 g/mol. The Labute approximate surface area is 131 Å². The van der Waals surface area contributed by atoms with Crippen molar-refractivity contribution in [3.8, 4) is 0 Å². The third-order valence-corrected chi connectivity index (χ3v) is 4.21. The Kier molecular flexibility index (Phi) is 4.62. The zero-order valence-electron chi connectivity index (χ0n) is 10.6. The average Bonchev–Trinajstić information content (AvgIpc) is 2.77. The topological polar surface area (TPSA) is 72.5 Å².